The molecule has 0 amide bonds. The Balaban J connectivity index is 2.23. The summed E-state index contributed by atoms with van der Waals surface area (Å²) < 4.78 is 5.69. The molecule has 0 aliphatic rings. The van der Waals surface area contributed by atoms with Crippen molar-refractivity contribution in [2.75, 3.05) is 0 Å². The van der Waals surface area contributed by atoms with Crippen molar-refractivity contribution >= 4 is 52.5 Å². The van der Waals surface area contributed by atoms with Crippen LogP contribution in [0.15, 0.2) is 41.3 Å². The Labute approximate surface area is 147 Å². The number of aliphatic carboxylic acids is 1. The zero-order valence-electron chi connectivity index (χ0n) is 11.3. The van der Waals surface area contributed by atoms with Crippen LogP contribution in [0.1, 0.15) is 6.92 Å². The summed E-state index contributed by atoms with van der Waals surface area (Å²) in [6.07, 6.45) is 0. The maximum Gasteiger partial charge on any atom is 0.316 e. The first kappa shape index (κ1) is 17.3. The fourth-order valence-corrected chi connectivity index (χ4v) is 3.11. The number of thioether (sulfide) groups is 1. The standard InChI is InChI=1S/C15H11Cl3O3S/c1-8(15(19)20)22-14-7-10(3-4-11(14)17)21-13-5-2-9(16)6-12(13)18/h2-8H,1H3,(H,19,20). The Morgan fingerprint density at radius 2 is 1.86 bits per heavy atom. The largest absolute Gasteiger partial charge is 0.480 e. The number of hydrogen-bond donors (Lipinski definition) is 1. The van der Waals surface area contributed by atoms with Crippen LogP contribution in [0.3, 0.4) is 0 Å². The molecule has 0 heterocycles. The van der Waals surface area contributed by atoms with E-state index in [9.17, 15) is 4.79 Å². The topological polar surface area (TPSA) is 46.5 Å². The van der Waals surface area contributed by atoms with Crippen LogP contribution < -0.4 is 4.74 Å². The highest BCUT2D eigenvalue weighted by atomic mass is 35.5. The summed E-state index contributed by atoms with van der Waals surface area (Å²) in [6.45, 7) is 1.59. The van der Waals surface area contributed by atoms with Gasteiger partial charge in [0.05, 0.1) is 10.0 Å². The van der Waals surface area contributed by atoms with Gasteiger partial charge in [0.25, 0.3) is 0 Å². The number of rotatable bonds is 5. The minimum Gasteiger partial charge on any atom is -0.480 e. The Kier molecular flexibility index (Phi) is 5.87. The van der Waals surface area contributed by atoms with Crippen LogP contribution in [0.2, 0.25) is 15.1 Å². The van der Waals surface area contributed by atoms with Crippen LogP contribution in [0.4, 0.5) is 0 Å². The Hall–Kier alpha value is -1.07. The number of carbonyl (C=O) groups is 1. The van der Waals surface area contributed by atoms with E-state index in [-0.39, 0.29) is 0 Å². The highest BCUT2D eigenvalue weighted by Crippen LogP contribution is 2.37. The van der Waals surface area contributed by atoms with Crippen LogP contribution in [0.5, 0.6) is 11.5 Å². The Bertz CT molecular complexity index is 706. The average Bonchev–Trinajstić information content (AvgIpc) is 2.45. The van der Waals surface area contributed by atoms with Crippen LogP contribution in [0, 0.1) is 0 Å². The summed E-state index contributed by atoms with van der Waals surface area (Å²) >= 11 is 19.1. The molecule has 1 unspecified atom stereocenters. The molecule has 0 bridgehead atoms. The maximum atomic E-state index is 10.9. The van der Waals surface area contributed by atoms with Gasteiger partial charge in [0.1, 0.15) is 16.7 Å². The zero-order chi connectivity index (χ0) is 16.3. The molecule has 0 fully saturated rings. The van der Waals surface area contributed by atoms with Crippen molar-refractivity contribution in [3.05, 3.63) is 51.5 Å². The molecule has 0 saturated heterocycles. The highest BCUT2D eigenvalue weighted by Gasteiger charge is 2.15. The van der Waals surface area contributed by atoms with E-state index < -0.39 is 11.2 Å². The lowest BCUT2D eigenvalue weighted by Crippen LogP contribution is -2.11. The van der Waals surface area contributed by atoms with E-state index in [2.05, 4.69) is 0 Å². The van der Waals surface area contributed by atoms with Gasteiger partial charge in [0.15, 0.2) is 0 Å². The summed E-state index contributed by atoms with van der Waals surface area (Å²) in [4.78, 5) is 11.6. The van der Waals surface area contributed by atoms with Gasteiger partial charge in [-0.15, -0.1) is 11.8 Å². The predicted octanol–water partition coefficient (Wildman–Crippen LogP) is 6.00. The van der Waals surface area contributed by atoms with Crippen LogP contribution in [0.25, 0.3) is 0 Å². The molecule has 7 heteroatoms. The Morgan fingerprint density at radius 3 is 2.50 bits per heavy atom. The smallest absolute Gasteiger partial charge is 0.316 e. The number of ether oxygens (including phenoxy) is 1. The third-order valence-electron chi connectivity index (χ3n) is 2.68. The SMILES string of the molecule is CC(Sc1cc(Oc2ccc(Cl)cc2Cl)ccc1Cl)C(=O)O. The average molecular weight is 378 g/mol. The second-order valence-electron chi connectivity index (χ2n) is 4.37. The van der Waals surface area contributed by atoms with Gasteiger partial charge < -0.3 is 9.84 Å². The van der Waals surface area contributed by atoms with Gasteiger partial charge >= 0.3 is 5.97 Å². The minimum absolute atomic E-state index is 0.385. The lowest BCUT2D eigenvalue weighted by atomic mass is 10.3. The summed E-state index contributed by atoms with van der Waals surface area (Å²) in [5.41, 5.74) is 0. The lowest BCUT2D eigenvalue weighted by Gasteiger charge is -2.12. The van der Waals surface area contributed by atoms with Crippen molar-refractivity contribution < 1.29 is 14.6 Å². The summed E-state index contributed by atoms with van der Waals surface area (Å²) in [5, 5.41) is 9.72. The van der Waals surface area contributed by atoms with Crippen LogP contribution in [-0.4, -0.2) is 16.3 Å². The number of benzene rings is 2. The van der Waals surface area contributed by atoms with Crippen molar-refractivity contribution in [2.24, 2.45) is 0 Å². The molecule has 2 rings (SSSR count). The molecule has 0 radical (unpaired) electrons. The van der Waals surface area contributed by atoms with E-state index in [4.69, 9.17) is 44.6 Å². The van der Waals surface area contributed by atoms with E-state index in [0.717, 1.165) is 11.8 Å². The van der Waals surface area contributed by atoms with Crippen LogP contribution >= 0.6 is 46.6 Å². The summed E-state index contributed by atoms with van der Waals surface area (Å²) in [7, 11) is 0. The fraction of sp³-hybridized carbons (Fsp3) is 0.133. The van der Waals surface area contributed by atoms with Gasteiger partial charge in [0, 0.05) is 9.92 Å². The molecule has 0 aliphatic carbocycles. The minimum atomic E-state index is -0.909. The second kappa shape index (κ2) is 7.47. The van der Waals surface area contributed by atoms with E-state index in [1.54, 1.807) is 43.3 Å². The van der Waals surface area contributed by atoms with Gasteiger partial charge in [0.2, 0.25) is 0 Å². The monoisotopic (exact) mass is 376 g/mol. The molecule has 2 aromatic rings. The fourth-order valence-electron chi connectivity index (χ4n) is 1.56. The molecule has 116 valence electrons. The lowest BCUT2D eigenvalue weighted by molar-refractivity contribution is -0.136. The van der Waals surface area contributed by atoms with Crippen molar-refractivity contribution in [1.82, 2.24) is 0 Å². The Morgan fingerprint density at radius 1 is 1.14 bits per heavy atom. The van der Waals surface area contributed by atoms with Crippen molar-refractivity contribution in [3.63, 3.8) is 0 Å². The number of halogens is 3. The third kappa shape index (κ3) is 4.46. The molecule has 0 aliphatic heterocycles. The van der Waals surface area contributed by atoms with E-state index in [1.165, 1.54) is 0 Å². The summed E-state index contributed by atoms with van der Waals surface area (Å²) in [6, 6.07) is 9.92. The summed E-state index contributed by atoms with van der Waals surface area (Å²) in [5.74, 6) is 0.0532. The predicted molar refractivity (Wildman–Crippen MR) is 90.9 cm³/mol. The van der Waals surface area contributed by atoms with E-state index >= 15 is 0 Å². The van der Waals surface area contributed by atoms with Gasteiger partial charge in [-0.1, -0.05) is 34.8 Å². The molecule has 0 spiro atoms. The molecular weight excluding hydrogens is 367 g/mol. The molecule has 0 aromatic heterocycles. The molecule has 0 saturated carbocycles. The van der Waals surface area contributed by atoms with Gasteiger partial charge in [-0.25, -0.2) is 0 Å². The van der Waals surface area contributed by atoms with Gasteiger partial charge in [-0.05, 0) is 43.3 Å². The normalized spacial score (nSPS) is 12.0. The van der Waals surface area contributed by atoms with Crippen molar-refractivity contribution in [1.29, 1.82) is 0 Å². The molecule has 1 N–H and O–H groups in total. The molecule has 1 atom stereocenters. The maximum absolute atomic E-state index is 10.9. The molecule has 2 aromatic carbocycles. The van der Waals surface area contributed by atoms with Crippen LogP contribution in [-0.2, 0) is 4.79 Å². The zero-order valence-corrected chi connectivity index (χ0v) is 14.4. The third-order valence-corrected chi connectivity index (χ3v) is 4.79. The quantitative estimate of drug-likeness (QED) is 0.649. The first-order valence-electron chi connectivity index (χ1n) is 6.18. The first-order chi connectivity index (χ1) is 10.4. The molecule has 3 nitrogen and oxygen atoms in total. The molecular formula is C15H11Cl3O3S. The number of hydrogen-bond acceptors (Lipinski definition) is 3. The van der Waals surface area contributed by atoms with E-state index in [0.29, 0.717) is 31.5 Å². The van der Waals surface area contributed by atoms with Gasteiger partial charge in [-0.3, -0.25) is 4.79 Å². The van der Waals surface area contributed by atoms with Gasteiger partial charge in [-0.2, -0.15) is 0 Å². The second-order valence-corrected chi connectivity index (χ2v) is 7.00. The number of carboxylic acid groups (broad SMARTS) is 1. The van der Waals surface area contributed by atoms with Crippen molar-refractivity contribution in [2.45, 2.75) is 17.1 Å². The molecule has 22 heavy (non-hydrogen) atoms. The first-order valence-corrected chi connectivity index (χ1v) is 8.20. The highest BCUT2D eigenvalue weighted by molar-refractivity contribution is 8.00. The van der Waals surface area contributed by atoms with Crippen molar-refractivity contribution in [3.8, 4) is 11.5 Å². The van der Waals surface area contributed by atoms with E-state index in [1.807, 2.05) is 0 Å². The number of carboxylic acids is 1.